The maximum absolute atomic E-state index is 2.63. The zero-order chi connectivity index (χ0) is 18.6. The van der Waals surface area contributed by atoms with Crippen LogP contribution in [0.25, 0.3) is 0 Å². The van der Waals surface area contributed by atoms with Gasteiger partial charge in [0.25, 0.3) is 0 Å². The quantitative estimate of drug-likeness (QED) is 0.542. The van der Waals surface area contributed by atoms with Crippen molar-refractivity contribution in [2.75, 3.05) is 0 Å². The molecule has 0 fully saturated rings. The van der Waals surface area contributed by atoms with Gasteiger partial charge in [-0.3, -0.25) is 0 Å². The first kappa shape index (κ1) is 24.6. The summed E-state index contributed by atoms with van der Waals surface area (Å²) in [7, 11) is 0. The Hall–Kier alpha value is 0.293. The zero-order valence-electron chi connectivity index (χ0n) is 18.5. The molecule has 0 aliphatic heterocycles. The van der Waals surface area contributed by atoms with Gasteiger partial charge in [0.1, 0.15) is 0 Å². The minimum atomic E-state index is -1.84. The van der Waals surface area contributed by atoms with Gasteiger partial charge >= 0.3 is 169 Å². The van der Waals surface area contributed by atoms with Crippen molar-refractivity contribution in [1.82, 2.24) is 0 Å². The van der Waals surface area contributed by atoms with Crippen molar-refractivity contribution in [2.45, 2.75) is 87.3 Å². The summed E-state index contributed by atoms with van der Waals surface area (Å²) < 4.78 is 3.55. The van der Waals surface area contributed by atoms with Crippen LogP contribution in [-0.4, -0.2) is 3.21 Å². The van der Waals surface area contributed by atoms with Crippen LogP contribution in [-0.2, 0) is 21.3 Å². The number of hydrogen-bond donors (Lipinski definition) is 0. The molecule has 0 N–H and O–H groups in total. The number of rotatable bonds is 2. The smallest absolute Gasteiger partial charge is 1.00 e. The predicted molar refractivity (Wildman–Crippen MR) is 111 cm³/mol. The number of hydrogen-bond acceptors (Lipinski definition) is 0. The Morgan fingerprint density at radius 1 is 0.786 bits per heavy atom. The molecular weight excluding hydrogens is 462 g/mol. The van der Waals surface area contributed by atoms with E-state index in [4.69, 9.17) is 0 Å². The van der Waals surface area contributed by atoms with E-state index in [-0.39, 0.29) is 24.8 Å². The minimum absolute atomic E-state index is 0. The van der Waals surface area contributed by atoms with Crippen LogP contribution >= 0.6 is 0 Å². The van der Waals surface area contributed by atoms with Crippen LogP contribution in [0.1, 0.15) is 80.1 Å². The van der Waals surface area contributed by atoms with Gasteiger partial charge in [0.05, 0.1) is 0 Å². The normalized spacial score (nSPS) is 31.0. The summed E-state index contributed by atoms with van der Waals surface area (Å²) in [6.07, 6.45) is 13.7. The Labute approximate surface area is 193 Å². The van der Waals surface area contributed by atoms with E-state index in [1.54, 1.807) is 22.3 Å². The van der Waals surface area contributed by atoms with Crippen LogP contribution in [0.15, 0.2) is 45.6 Å². The minimum Gasteiger partial charge on any atom is -1.00 e. The predicted octanol–water partition coefficient (Wildman–Crippen LogP) is 1.55. The van der Waals surface area contributed by atoms with Crippen molar-refractivity contribution in [3.05, 3.63) is 45.6 Å². The fourth-order valence-electron chi connectivity index (χ4n) is 6.34. The third-order valence-corrected chi connectivity index (χ3v) is 17.4. The van der Waals surface area contributed by atoms with E-state index in [0.29, 0.717) is 0 Å². The van der Waals surface area contributed by atoms with E-state index in [0.717, 1.165) is 19.1 Å². The van der Waals surface area contributed by atoms with Gasteiger partial charge < -0.3 is 24.8 Å². The van der Waals surface area contributed by atoms with E-state index < -0.39 is 21.3 Å². The fourth-order valence-corrected chi connectivity index (χ4v) is 16.2. The Morgan fingerprint density at radius 3 is 1.54 bits per heavy atom. The number of allylic oxidation sites excluding steroid dienone is 8. The van der Waals surface area contributed by atoms with Crippen LogP contribution < -0.4 is 24.8 Å². The molecular formula is C25H36Cl2Zr. The maximum atomic E-state index is 2.63. The summed E-state index contributed by atoms with van der Waals surface area (Å²) >= 11 is -1.84. The molecule has 0 aromatic carbocycles. The molecule has 0 saturated carbocycles. The monoisotopic (exact) mass is 496 g/mol. The summed E-state index contributed by atoms with van der Waals surface area (Å²) in [5.41, 5.74) is 10.7. The van der Waals surface area contributed by atoms with Crippen molar-refractivity contribution in [3.63, 3.8) is 0 Å². The summed E-state index contributed by atoms with van der Waals surface area (Å²) in [5.74, 6) is 1.59. The van der Waals surface area contributed by atoms with Gasteiger partial charge in [0.15, 0.2) is 0 Å². The molecule has 0 bridgehead atoms. The summed E-state index contributed by atoms with van der Waals surface area (Å²) in [4.78, 5) is 0. The van der Waals surface area contributed by atoms with Crippen molar-refractivity contribution < 1.29 is 46.1 Å². The molecule has 0 aromatic heterocycles. The molecule has 0 aromatic rings. The molecule has 154 valence electrons. The van der Waals surface area contributed by atoms with Gasteiger partial charge in [-0.1, -0.05) is 0 Å². The first-order valence-corrected chi connectivity index (χ1v) is 15.0. The van der Waals surface area contributed by atoms with Crippen molar-refractivity contribution in [2.24, 2.45) is 11.8 Å². The van der Waals surface area contributed by atoms with Crippen molar-refractivity contribution >= 4 is 3.21 Å². The first-order chi connectivity index (χ1) is 12.4. The van der Waals surface area contributed by atoms with Gasteiger partial charge in [-0.25, -0.2) is 0 Å². The molecule has 0 radical (unpaired) electrons. The molecule has 3 heteroatoms. The second-order valence-electron chi connectivity index (χ2n) is 9.65. The fraction of sp³-hybridized carbons (Fsp3) is 0.640. The molecule has 28 heavy (non-hydrogen) atoms. The Morgan fingerprint density at radius 2 is 1.18 bits per heavy atom. The third kappa shape index (κ3) is 4.07. The standard InChI is InChI=1S/2C11H15.C3H6.2ClH.Zr/c2*1-8-6-10-5-3-4-9(2)11(10)7-8;1-3-2;;;/h2*6-7,9H,3-5H2,1-2H3;1-2H3;2*1H;/q;;;;;+2/p-2. The molecule has 0 nitrogen and oxygen atoms in total. The largest absolute Gasteiger partial charge is 1.00 e. The molecule has 4 aliphatic rings. The molecule has 4 rings (SSSR count). The van der Waals surface area contributed by atoms with Gasteiger partial charge in [0.2, 0.25) is 0 Å². The number of halogens is 2. The van der Waals surface area contributed by atoms with Crippen LogP contribution in [0.3, 0.4) is 0 Å². The van der Waals surface area contributed by atoms with Crippen LogP contribution in [0.4, 0.5) is 0 Å². The maximum Gasteiger partial charge on any atom is -1.00 e. The molecule has 0 saturated heterocycles. The molecule has 4 aliphatic carbocycles. The zero-order valence-corrected chi connectivity index (χ0v) is 22.4. The summed E-state index contributed by atoms with van der Waals surface area (Å²) in [5, 5.41) is 0. The van der Waals surface area contributed by atoms with Crippen LogP contribution in [0.2, 0.25) is 7.25 Å². The topological polar surface area (TPSA) is 0 Å². The van der Waals surface area contributed by atoms with E-state index >= 15 is 0 Å². The molecule has 4 unspecified atom stereocenters. The second kappa shape index (κ2) is 9.62. The van der Waals surface area contributed by atoms with E-state index in [2.05, 4.69) is 53.7 Å². The van der Waals surface area contributed by atoms with Crippen LogP contribution in [0, 0.1) is 11.8 Å². The summed E-state index contributed by atoms with van der Waals surface area (Å²) in [6.45, 7) is 14.8. The van der Waals surface area contributed by atoms with Gasteiger partial charge in [-0.2, -0.15) is 0 Å². The molecule has 4 atom stereocenters. The molecule has 0 amide bonds. The first-order valence-electron chi connectivity index (χ1n) is 10.9. The second-order valence-corrected chi connectivity index (χ2v) is 17.2. The van der Waals surface area contributed by atoms with E-state index in [1.165, 1.54) is 38.5 Å². The Kier molecular flexibility index (Phi) is 8.44. The van der Waals surface area contributed by atoms with Gasteiger partial charge in [0, 0.05) is 0 Å². The van der Waals surface area contributed by atoms with Crippen molar-refractivity contribution in [3.8, 4) is 0 Å². The van der Waals surface area contributed by atoms with Crippen LogP contribution in [0.5, 0.6) is 0 Å². The third-order valence-electron chi connectivity index (χ3n) is 7.54. The average molecular weight is 499 g/mol. The van der Waals surface area contributed by atoms with Crippen molar-refractivity contribution in [1.29, 1.82) is 0 Å². The molecule has 0 spiro atoms. The average Bonchev–Trinajstić information content (AvgIpc) is 3.09. The van der Waals surface area contributed by atoms with E-state index in [1.807, 2.05) is 14.4 Å². The van der Waals surface area contributed by atoms with Gasteiger partial charge in [-0.05, 0) is 0 Å². The Bertz CT molecular complexity index is 729. The molecule has 0 heterocycles. The van der Waals surface area contributed by atoms with Gasteiger partial charge in [-0.15, -0.1) is 0 Å². The van der Waals surface area contributed by atoms with E-state index in [9.17, 15) is 0 Å². The summed E-state index contributed by atoms with van der Waals surface area (Å²) in [6, 6.07) is 0. The SMILES string of the molecule is CC1=CC2=C(CCCC2C)[CH]1[Zr+2](=[C](C)C)[CH]1C(C)=CC2=C1CCCC2C.[Cl-].[Cl-]. The Balaban J connectivity index is 0.00000140.